The second-order valence-electron chi connectivity index (χ2n) is 10.2. The average molecular weight is 493 g/mol. The molecule has 0 radical (unpaired) electrons. The summed E-state index contributed by atoms with van der Waals surface area (Å²) in [5.74, 6) is 12.8. The summed E-state index contributed by atoms with van der Waals surface area (Å²) < 4.78 is 24.0. The predicted octanol–water partition coefficient (Wildman–Crippen LogP) is 6.48. The fraction of sp³-hybridized carbons (Fsp3) is 0.625. The molecule has 0 saturated carbocycles. The van der Waals surface area contributed by atoms with E-state index in [0.29, 0.717) is 26.4 Å². The molecular weight excluding hydrogens is 448 g/mol. The molecule has 4 bridgehead atoms. The third-order valence-corrected chi connectivity index (χ3v) is 6.70. The Balaban J connectivity index is 1.51. The summed E-state index contributed by atoms with van der Waals surface area (Å²) in [7, 11) is 0. The van der Waals surface area contributed by atoms with Crippen LogP contribution in [0.2, 0.25) is 0 Å². The number of hydrogen-bond acceptors (Lipinski definition) is 4. The maximum Gasteiger partial charge on any atom is 0.108 e. The van der Waals surface area contributed by atoms with Crippen molar-refractivity contribution in [2.75, 3.05) is 26.4 Å². The summed E-state index contributed by atoms with van der Waals surface area (Å²) in [6.45, 7) is 10.7. The zero-order valence-electron chi connectivity index (χ0n) is 22.7. The number of fused-ring (bicyclic) bond motifs is 4. The van der Waals surface area contributed by atoms with E-state index in [4.69, 9.17) is 18.9 Å². The highest BCUT2D eigenvalue weighted by atomic mass is 16.5. The molecule has 4 heteroatoms. The fourth-order valence-electron chi connectivity index (χ4n) is 4.72. The minimum atomic E-state index is 0.0450. The second kappa shape index (κ2) is 15.9. The van der Waals surface area contributed by atoms with Gasteiger partial charge in [-0.2, -0.15) is 0 Å². The fourth-order valence-corrected chi connectivity index (χ4v) is 4.72. The number of hydrogen-bond donors (Lipinski definition) is 0. The standard InChI is InChI=1S/C32H44O4/c1-25-19-29-21-27(3)31(35-29)15-11-8-6-10-14-18-34-24-26(2)20-30-22-28(4)32(36-30)16-12-7-5-9-13-17-33-23-25/h19-22,29-32H,5-8,11-12,15-18,23-24H2,1-4H3/b25-19+,26-20+/t29-,30-,31-,32-/m1/s1. The Labute approximate surface area is 219 Å². The van der Waals surface area contributed by atoms with E-state index in [1.165, 1.54) is 22.3 Å². The lowest BCUT2D eigenvalue weighted by atomic mass is 10.1. The topological polar surface area (TPSA) is 36.9 Å². The molecule has 0 aliphatic carbocycles. The predicted molar refractivity (Wildman–Crippen MR) is 146 cm³/mol. The molecular formula is C32H44O4. The summed E-state index contributed by atoms with van der Waals surface area (Å²) in [6.07, 6.45) is 17.6. The van der Waals surface area contributed by atoms with E-state index in [2.05, 4.69) is 75.7 Å². The lowest BCUT2D eigenvalue weighted by Crippen LogP contribution is -2.13. The Morgan fingerprint density at radius 1 is 0.583 bits per heavy atom. The average Bonchev–Trinajstić information content (AvgIpc) is 3.36. The van der Waals surface area contributed by atoms with Crippen molar-refractivity contribution in [1.29, 1.82) is 0 Å². The Morgan fingerprint density at radius 3 is 1.47 bits per heavy atom. The van der Waals surface area contributed by atoms with Crippen molar-refractivity contribution < 1.29 is 18.9 Å². The molecule has 0 aromatic heterocycles. The Hall–Kier alpha value is -2.08. The second-order valence-corrected chi connectivity index (χ2v) is 10.2. The Bertz CT molecular complexity index is 868. The van der Waals surface area contributed by atoms with E-state index >= 15 is 0 Å². The smallest absolute Gasteiger partial charge is 0.108 e. The van der Waals surface area contributed by atoms with Crippen LogP contribution in [-0.2, 0) is 18.9 Å². The quantitative estimate of drug-likeness (QED) is 0.286. The maximum absolute atomic E-state index is 6.23. The van der Waals surface area contributed by atoms with E-state index in [0.717, 1.165) is 51.4 Å². The molecule has 0 saturated heterocycles. The van der Waals surface area contributed by atoms with Gasteiger partial charge in [-0.15, -0.1) is 11.8 Å². The summed E-state index contributed by atoms with van der Waals surface area (Å²) >= 11 is 0. The molecule has 3 heterocycles. The molecule has 3 aliphatic heterocycles. The van der Waals surface area contributed by atoms with Crippen LogP contribution in [0.4, 0.5) is 0 Å². The summed E-state index contributed by atoms with van der Waals surface area (Å²) in [5, 5.41) is 0. The molecule has 0 amide bonds. The highest BCUT2D eigenvalue weighted by molar-refractivity contribution is 5.22. The molecule has 4 nitrogen and oxygen atoms in total. The minimum Gasteiger partial charge on any atom is -0.364 e. The molecule has 0 fully saturated rings. The lowest BCUT2D eigenvalue weighted by molar-refractivity contribution is 0.0737. The van der Waals surface area contributed by atoms with Gasteiger partial charge in [0.1, 0.15) is 13.2 Å². The van der Waals surface area contributed by atoms with Gasteiger partial charge in [0.05, 0.1) is 37.6 Å². The monoisotopic (exact) mass is 492 g/mol. The van der Waals surface area contributed by atoms with Crippen LogP contribution in [0.3, 0.4) is 0 Å². The van der Waals surface area contributed by atoms with Crippen molar-refractivity contribution in [3.05, 3.63) is 46.6 Å². The zero-order valence-corrected chi connectivity index (χ0v) is 22.7. The summed E-state index contributed by atoms with van der Waals surface area (Å²) in [4.78, 5) is 0. The van der Waals surface area contributed by atoms with Crippen LogP contribution in [-0.4, -0.2) is 50.8 Å². The number of rotatable bonds is 0. The van der Waals surface area contributed by atoms with Gasteiger partial charge >= 0.3 is 0 Å². The minimum absolute atomic E-state index is 0.0450. The van der Waals surface area contributed by atoms with Gasteiger partial charge in [-0.1, -0.05) is 36.1 Å². The van der Waals surface area contributed by atoms with E-state index < -0.39 is 0 Å². The summed E-state index contributed by atoms with van der Waals surface area (Å²) in [6, 6.07) is 0. The highest BCUT2D eigenvalue weighted by Crippen LogP contribution is 2.26. The molecule has 4 atom stereocenters. The van der Waals surface area contributed by atoms with E-state index in [9.17, 15) is 0 Å². The Morgan fingerprint density at radius 2 is 1.03 bits per heavy atom. The SMILES string of the molecule is CC1=C[C@H]2/C=C(\C)COCC#CCCCC[C@H]3O[C@@H](C=C3C)/C=C(\C)COCC#CCCCC[C@H]1O2. The zero-order chi connectivity index (χ0) is 25.6. The van der Waals surface area contributed by atoms with E-state index in [1.54, 1.807) is 0 Å². The van der Waals surface area contributed by atoms with Crippen molar-refractivity contribution in [2.45, 2.75) is 103 Å². The first-order chi connectivity index (χ1) is 17.5. The molecule has 3 rings (SSSR count). The molecule has 0 N–H and O–H groups in total. The first-order valence-electron chi connectivity index (χ1n) is 13.6. The van der Waals surface area contributed by atoms with Crippen LogP contribution in [0, 0.1) is 23.7 Å². The lowest BCUT2D eigenvalue weighted by Gasteiger charge is -2.14. The first kappa shape index (κ1) is 28.5. The third-order valence-electron chi connectivity index (χ3n) is 6.70. The maximum atomic E-state index is 6.23. The van der Waals surface area contributed by atoms with E-state index in [-0.39, 0.29) is 24.4 Å². The first-order valence-corrected chi connectivity index (χ1v) is 13.6. The number of ether oxygens (including phenoxy) is 4. The van der Waals surface area contributed by atoms with Crippen molar-refractivity contribution in [3.8, 4) is 23.7 Å². The van der Waals surface area contributed by atoms with Crippen LogP contribution in [0.1, 0.15) is 79.1 Å². The molecule has 196 valence electrons. The normalized spacial score (nSPS) is 32.6. The van der Waals surface area contributed by atoms with Gasteiger partial charge in [0.15, 0.2) is 0 Å². The van der Waals surface area contributed by atoms with Crippen LogP contribution >= 0.6 is 0 Å². The van der Waals surface area contributed by atoms with Gasteiger partial charge in [0, 0.05) is 12.8 Å². The van der Waals surface area contributed by atoms with Crippen LogP contribution in [0.5, 0.6) is 0 Å². The van der Waals surface area contributed by atoms with E-state index in [1.807, 2.05) is 0 Å². The van der Waals surface area contributed by atoms with Crippen molar-refractivity contribution in [2.24, 2.45) is 0 Å². The molecule has 0 aromatic rings. The van der Waals surface area contributed by atoms with Crippen LogP contribution in [0.25, 0.3) is 0 Å². The Kier molecular flexibility index (Phi) is 12.6. The van der Waals surface area contributed by atoms with Gasteiger partial charge in [0.2, 0.25) is 0 Å². The van der Waals surface area contributed by atoms with Gasteiger partial charge in [0.25, 0.3) is 0 Å². The highest BCUT2D eigenvalue weighted by Gasteiger charge is 2.23. The van der Waals surface area contributed by atoms with Gasteiger partial charge in [-0.3, -0.25) is 0 Å². The van der Waals surface area contributed by atoms with Crippen LogP contribution in [0.15, 0.2) is 46.6 Å². The largest absolute Gasteiger partial charge is 0.364 e. The molecule has 0 aromatic carbocycles. The van der Waals surface area contributed by atoms with Crippen LogP contribution < -0.4 is 0 Å². The van der Waals surface area contributed by atoms with Crippen molar-refractivity contribution in [1.82, 2.24) is 0 Å². The molecule has 36 heavy (non-hydrogen) atoms. The van der Waals surface area contributed by atoms with Gasteiger partial charge in [-0.25, -0.2) is 0 Å². The molecule has 0 spiro atoms. The van der Waals surface area contributed by atoms with Gasteiger partial charge < -0.3 is 18.9 Å². The molecule has 3 aliphatic rings. The third kappa shape index (κ3) is 10.5. The van der Waals surface area contributed by atoms with Gasteiger partial charge in [-0.05, 0) is 88.5 Å². The van der Waals surface area contributed by atoms with Crippen molar-refractivity contribution in [3.63, 3.8) is 0 Å². The molecule has 0 unspecified atom stereocenters. The summed E-state index contributed by atoms with van der Waals surface area (Å²) in [5.41, 5.74) is 5.01. The van der Waals surface area contributed by atoms with Crippen molar-refractivity contribution >= 4 is 0 Å².